The lowest BCUT2D eigenvalue weighted by atomic mass is 10.2. The highest BCUT2D eigenvalue weighted by atomic mass is 32.2. The van der Waals surface area contributed by atoms with Crippen LogP contribution in [0.1, 0.15) is 25.6 Å². The molecule has 0 atom stereocenters. The van der Waals surface area contributed by atoms with Crippen LogP contribution in [0.25, 0.3) is 0 Å². The zero-order valence-electron chi connectivity index (χ0n) is 10.8. The van der Waals surface area contributed by atoms with Gasteiger partial charge in [-0.05, 0) is 24.3 Å². The van der Waals surface area contributed by atoms with E-state index >= 15 is 0 Å². The summed E-state index contributed by atoms with van der Waals surface area (Å²) in [5, 5.41) is 0.454. The van der Waals surface area contributed by atoms with Gasteiger partial charge in [0.1, 0.15) is 11.6 Å². The van der Waals surface area contributed by atoms with Crippen LogP contribution in [-0.2, 0) is 9.84 Å². The van der Waals surface area contributed by atoms with Gasteiger partial charge in [-0.2, -0.15) is 9.36 Å². The Morgan fingerprint density at radius 2 is 1.84 bits per heavy atom. The molecule has 0 saturated carbocycles. The van der Waals surface area contributed by atoms with Crippen LogP contribution in [0.3, 0.4) is 0 Å². The van der Waals surface area contributed by atoms with Gasteiger partial charge in [0, 0.05) is 23.7 Å². The predicted octanol–water partition coefficient (Wildman–Crippen LogP) is 2.86. The SMILES string of the molecule is CC(C)c1nsc(Oc2ccc(S(C)(=O)=O)cc2)n1. The molecule has 2 rings (SSSR count). The first kappa shape index (κ1) is 14.0. The second-order valence-electron chi connectivity index (χ2n) is 4.42. The molecule has 0 aliphatic rings. The van der Waals surface area contributed by atoms with Gasteiger partial charge < -0.3 is 4.74 Å². The molecule has 0 N–H and O–H groups in total. The number of hydrogen-bond acceptors (Lipinski definition) is 6. The third kappa shape index (κ3) is 3.51. The van der Waals surface area contributed by atoms with Crippen molar-refractivity contribution in [2.24, 2.45) is 0 Å². The van der Waals surface area contributed by atoms with Crippen molar-refractivity contribution < 1.29 is 13.2 Å². The molecule has 0 bridgehead atoms. The van der Waals surface area contributed by atoms with E-state index in [-0.39, 0.29) is 10.8 Å². The third-order valence-electron chi connectivity index (χ3n) is 2.40. The lowest BCUT2D eigenvalue weighted by Crippen LogP contribution is -1.96. The number of hydrogen-bond donors (Lipinski definition) is 0. The van der Waals surface area contributed by atoms with E-state index in [4.69, 9.17) is 4.74 Å². The Morgan fingerprint density at radius 3 is 2.32 bits per heavy atom. The van der Waals surface area contributed by atoms with Crippen LogP contribution in [0, 0.1) is 0 Å². The Morgan fingerprint density at radius 1 is 1.21 bits per heavy atom. The third-order valence-corrected chi connectivity index (χ3v) is 4.13. The summed E-state index contributed by atoms with van der Waals surface area (Å²) < 4.78 is 32.3. The number of ether oxygens (including phenoxy) is 1. The number of benzene rings is 1. The summed E-state index contributed by atoms with van der Waals surface area (Å²) in [7, 11) is -3.18. The normalized spacial score (nSPS) is 11.8. The molecule has 5 nitrogen and oxygen atoms in total. The van der Waals surface area contributed by atoms with Gasteiger partial charge in [0.25, 0.3) is 5.19 Å². The van der Waals surface area contributed by atoms with Crippen molar-refractivity contribution in [1.29, 1.82) is 0 Å². The Kier molecular flexibility index (Phi) is 3.86. The van der Waals surface area contributed by atoms with Crippen molar-refractivity contribution in [2.75, 3.05) is 6.26 Å². The average Bonchev–Trinajstić information content (AvgIpc) is 2.77. The van der Waals surface area contributed by atoms with Crippen molar-refractivity contribution in [3.63, 3.8) is 0 Å². The molecule has 1 heterocycles. The monoisotopic (exact) mass is 298 g/mol. The van der Waals surface area contributed by atoms with E-state index in [1.165, 1.54) is 29.9 Å². The summed E-state index contributed by atoms with van der Waals surface area (Å²) in [6.07, 6.45) is 1.17. The van der Waals surface area contributed by atoms with Crippen molar-refractivity contribution >= 4 is 21.4 Å². The Balaban J connectivity index is 2.15. The molecule has 102 valence electrons. The van der Waals surface area contributed by atoms with Gasteiger partial charge >= 0.3 is 0 Å². The van der Waals surface area contributed by atoms with E-state index in [9.17, 15) is 8.42 Å². The fraction of sp³-hybridized carbons (Fsp3) is 0.333. The zero-order valence-corrected chi connectivity index (χ0v) is 12.5. The minimum absolute atomic E-state index is 0.251. The fourth-order valence-corrected chi connectivity index (χ4v) is 2.67. The molecule has 2 aromatic rings. The van der Waals surface area contributed by atoms with Crippen LogP contribution in [0.2, 0.25) is 0 Å². The van der Waals surface area contributed by atoms with Gasteiger partial charge in [-0.1, -0.05) is 13.8 Å². The standard InChI is InChI=1S/C12H14N2O3S2/c1-8(2)11-13-12(18-14-11)17-9-4-6-10(7-5-9)19(3,15)16/h4-8H,1-3H3. The van der Waals surface area contributed by atoms with Crippen molar-refractivity contribution in [2.45, 2.75) is 24.7 Å². The molecule has 0 fully saturated rings. The molecule has 0 unspecified atom stereocenters. The molecule has 0 amide bonds. The number of rotatable bonds is 4. The van der Waals surface area contributed by atoms with E-state index in [2.05, 4.69) is 9.36 Å². The molecule has 1 aromatic carbocycles. The first-order valence-electron chi connectivity index (χ1n) is 5.68. The Hall–Kier alpha value is -1.47. The van der Waals surface area contributed by atoms with Gasteiger partial charge in [0.15, 0.2) is 9.84 Å². The molecule has 0 radical (unpaired) electrons. The second kappa shape index (κ2) is 5.26. The summed E-state index contributed by atoms with van der Waals surface area (Å²) in [6.45, 7) is 4.01. The summed E-state index contributed by atoms with van der Waals surface area (Å²) in [6, 6.07) is 6.23. The van der Waals surface area contributed by atoms with E-state index in [0.29, 0.717) is 10.9 Å². The topological polar surface area (TPSA) is 69.2 Å². The van der Waals surface area contributed by atoms with E-state index in [1.54, 1.807) is 12.1 Å². The maximum atomic E-state index is 11.3. The molecular formula is C12H14N2O3S2. The lowest BCUT2D eigenvalue weighted by molar-refractivity contribution is 0.475. The minimum atomic E-state index is -3.18. The maximum absolute atomic E-state index is 11.3. The number of aromatic nitrogens is 2. The van der Waals surface area contributed by atoms with E-state index < -0.39 is 9.84 Å². The van der Waals surface area contributed by atoms with Crippen LogP contribution < -0.4 is 4.74 Å². The summed E-state index contributed by atoms with van der Waals surface area (Å²) in [4.78, 5) is 4.51. The number of sulfone groups is 1. The Labute approximate surface area is 116 Å². The lowest BCUT2D eigenvalue weighted by Gasteiger charge is -2.02. The Bertz CT molecular complexity index is 661. The highest BCUT2D eigenvalue weighted by Gasteiger charge is 2.10. The van der Waals surface area contributed by atoms with Crippen LogP contribution in [-0.4, -0.2) is 24.0 Å². The molecule has 19 heavy (non-hydrogen) atoms. The largest absolute Gasteiger partial charge is 0.430 e. The van der Waals surface area contributed by atoms with Crippen molar-refractivity contribution in [3.8, 4) is 10.9 Å². The van der Waals surface area contributed by atoms with Gasteiger partial charge in [-0.25, -0.2) is 8.42 Å². The molecule has 0 aliphatic carbocycles. The smallest absolute Gasteiger partial charge is 0.298 e. The van der Waals surface area contributed by atoms with E-state index in [1.807, 2.05) is 13.8 Å². The summed E-state index contributed by atoms with van der Waals surface area (Å²) in [5.74, 6) is 1.54. The first-order valence-corrected chi connectivity index (χ1v) is 8.34. The summed E-state index contributed by atoms with van der Waals surface area (Å²) in [5.41, 5.74) is 0. The molecule has 0 saturated heterocycles. The van der Waals surface area contributed by atoms with Crippen LogP contribution in [0.5, 0.6) is 10.9 Å². The van der Waals surface area contributed by atoms with Gasteiger partial charge in [-0.15, -0.1) is 0 Å². The average molecular weight is 298 g/mol. The quantitative estimate of drug-likeness (QED) is 0.868. The highest BCUT2D eigenvalue weighted by molar-refractivity contribution is 7.90. The maximum Gasteiger partial charge on any atom is 0.298 e. The van der Waals surface area contributed by atoms with Gasteiger partial charge in [0.05, 0.1) is 4.90 Å². The van der Waals surface area contributed by atoms with Crippen molar-refractivity contribution in [1.82, 2.24) is 9.36 Å². The molecular weight excluding hydrogens is 284 g/mol. The van der Waals surface area contributed by atoms with Crippen LogP contribution in [0.15, 0.2) is 29.2 Å². The molecule has 0 spiro atoms. The van der Waals surface area contributed by atoms with Crippen LogP contribution in [0.4, 0.5) is 0 Å². The van der Waals surface area contributed by atoms with Gasteiger partial charge in [-0.3, -0.25) is 0 Å². The highest BCUT2D eigenvalue weighted by Crippen LogP contribution is 2.26. The zero-order chi connectivity index (χ0) is 14.0. The molecule has 0 aliphatic heterocycles. The second-order valence-corrected chi connectivity index (χ2v) is 7.15. The predicted molar refractivity (Wildman–Crippen MR) is 73.6 cm³/mol. The van der Waals surface area contributed by atoms with Gasteiger partial charge in [0.2, 0.25) is 0 Å². The summed E-state index contributed by atoms with van der Waals surface area (Å²) >= 11 is 1.18. The molecule has 1 aromatic heterocycles. The van der Waals surface area contributed by atoms with E-state index in [0.717, 1.165) is 5.82 Å². The van der Waals surface area contributed by atoms with Crippen molar-refractivity contribution in [3.05, 3.63) is 30.1 Å². The fourth-order valence-electron chi connectivity index (χ4n) is 1.35. The number of nitrogens with zero attached hydrogens (tertiary/aromatic N) is 2. The first-order chi connectivity index (χ1) is 8.86. The molecule has 7 heteroatoms. The van der Waals surface area contributed by atoms with Crippen LogP contribution >= 0.6 is 11.5 Å². The minimum Gasteiger partial charge on any atom is -0.430 e.